The summed E-state index contributed by atoms with van der Waals surface area (Å²) in [7, 11) is 0. The predicted octanol–water partition coefficient (Wildman–Crippen LogP) is 2.87. The number of aryl methyl sites for hydroxylation is 1. The average Bonchev–Trinajstić information content (AvgIpc) is 3.24. The van der Waals surface area contributed by atoms with Crippen LogP contribution in [0.4, 0.5) is 4.39 Å². The minimum atomic E-state index is -0.289. The van der Waals surface area contributed by atoms with Gasteiger partial charge in [-0.25, -0.2) is 4.39 Å². The molecular formula is C21H27FN2O2. The van der Waals surface area contributed by atoms with Crippen molar-refractivity contribution in [3.63, 3.8) is 0 Å². The number of allylic oxidation sites excluding steroid dienone is 2. The topological polar surface area (TPSA) is 32.8 Å². The Balaban J connectivity index is 1.21. The highest BCUT2D eigenvalue weighted by Crippen LogP contribution is 2.43. The molecule has 4 nitrogen and oxygen atoms in total. The zero-order valence-corrected chi connectivity index (χ0v) is 15.4. The van der Waals surface area contributed by atoms with Crippen molar-refractivity contribution in [2.75, 3.05) is 39.3 Å². The van der Waals surface area contributed by atoms with Crippen LogP contribution in [-0.2, 0) is 4.79 Å². The molecule has 1 aromatic rings. The molecule has 2 bridgehead atoms. The zero-order chi connectivity index (χ0) is 18.1. The van der Waals surface area contributed by atoms with Gasteiger partial charge in [0.2, 0.25) is 0 Å². The van der Waals surface area contributed by atoms with Gasteiger partial charge in [0.15, 0.2) is 6.61 Å². The van der Waals surface area contributed by atoms with E-state index in [1.54, 1.807) is 13.0 Å². The Morgan fingerprint density at radius 2 is 2.00 bits per heavy atom. The van der Waals surface area contributed by atoms with Gasteiger partial charge in [-0.2, -0.15) is 0 Å². The summed E-state index contributed by atoms with van der Waals surface area (Å²) in [6.45, 7) is 6.38. The predicted molar refractivity (Wildman–Crippen MR) is 98.5 cm³/mol. The standard InChI is InChI=1S/C21H27FN2O2/c1-15-10-19(22)4-5-20(15)26-14-21(25)24-8-6-23(7-9-24)13-18-12-16-2-3-17(18)11-16/h2-5,10,16-18H,6-9,11-14H2,1H3. The van der Waals surface area contributed by atoms with Gasteiger partial charge in [0, 0.05) is 32.7 Å². The second-order valence-electron chi connectivity index (χ2n) is 7.92. The van der Waals surface area contributed by atoms with E-state index in [0.29, 0.717) is 11.3 Å². The zero-order valence-electron chi connectivity index (χ0n) is 15.4. The van der Waals surface area contributed by atoms with Crippen LogP contribution in [0, 0.1) is 30.5 Å². The lowest BCUT2D eigenvalue weighted by Crippen LogP contribution is -2.51. The minimum Gasteiger partial charge on any atom is -0.483 e. The summed E-state index contributed by atoms with van der Waals surface area (Å²) in [5.74, 6) is 2.70. The molecule has 0 aromatic heterocycles. The van der Waals surface area contributed by atoms with E-state index in [1.165, 1.54) is 31.5 Å². The molecule has 0 N–H and O–H groups in total. The van der Waals surface area contributed by atoms with Gasteiger partial charge in [-0.1, -0.05) is 12.2 Å². The number of benzene rings is 1. The van der Waals surface area contributed by atoms with E-state index < -0.39 is 0 Å². The fraction of sp³-hybridized carbons (Fsp3) is 0.571. The molecule has 140 valence electrons. The lowest BCUT2D eigenvalue weighted by atomic mass is 9.93. The molecule has 3 unspecified atom stereocenters. The first kappa shape index (κ1) is 17.5. The van der Waals surface area contributed by atoms with Crippen LogP contribution in [0.5, 0.6) is 5.75 Å². The van der Waals surface area contributed by atoms with Crippen molar-refractivity contribution in [2.24, 2.45) is 17.8 Å². The Kier molecular flexibility index (Phi) is 4.98. The van der Waals surface area contributed by atoms with Gasteiger partial charge in [-0.05, 0) is 61.3 Å². The number of hydrogen-bond acceptors (Lipinski definition) is 3. The van der Waals surface area contributed by atoms with Crippen molar-refractivity contribution in [3.8, 4) is 5.75 Å². The summed E-state index contributed by atoms with van der Waals surface area (Å²) in [5.41, 5.74) is 0.711. The molecule has 0 radical (unpaired) electrons. The highest BCUT2D eigenvalue weighted by atomic mass is 19.1. The smallest absolute Gasteiger partial charge is 0.260 e. The first-order valence-corrected chi connectivity index (χ1v) is 9.66. The Labute approximate surface area is 154 Å². The monoisotopic (exact) mass is 358 g/mol. The molecule has 26 heavy (non-hydrogen) atoms. The van der Waals surface area contributed by atoms with Crippen molar-refractivity contribution in [3.05, 3.63) is 41.7 Å². The minimum absolute atomic E-state index is 0.0104. The molecule has 5 heteroatoms. The fourth-order valence-electron chi connectivity index (χ4n) is 4.62. The first-order valence-electron chi connectivity index (χ1n) is 9.66. The maximum atomic E-state index is 13.1. The van der Waals surface area contributed by atoms with Crippen molar-refractivity contribution in [1.29, 1.82) is 0 Å². The lowest BCUT2D eigenvalue weighted by molar-refractivity contribution is -0.135. The van der Waals surface area contributed by atoms with Crippen molar-refractivity contribution < 1.29 is 13.9 Å². The maximum Gasteiger partial charge on any atom is 0.260 e. The molecule has 1 heterocycles. The van der Waals surface area contributed by atoms with Crippen LogP contribution in [0.2, 0.25) is 0 Å². The number of amides is 1. The lowest BCUT2D eigenvalue weighted by Gasteiger charge is -2.36. The summed E-state index contributed by atoms with van der Waals surface area (Å²) < 4.78 is 18.7. The molecule has 3 atom stereocenters. The van der Waals surface area contributed by atoms with Crippen LogP contribution >= 0.6 is 0 Å². The number of hydrogen-bond donors (Lipinski definition) is 0. The van der Waals surface area contributed by atoms with E-state index in [9.17, 15) is 9.18 Å². The van der Waals surface area contributed by atoms with E-state index in [0.717, 1.165) is 43.9 Å². The number of carbonyl (C=O) groups excluding carboxylic acids is 1. The number of carbonyl (C=O) groups is 1. The number of piperazine rings is 1. The number of fused-ring (bicyclic) bond motifs is 2. The maximum absolute atomic E-state index is 13.1. The second-order valence-corrected chi connectivity index (χ2v) is 7.92. The number of rotatable bonds is 5. The third-order valence-electron chi connectivity index (χ3n) is 6.12. The van der Waals surface area contributed by atoms with Gasteiger partial charge in [0.05, 0.1) is 0 Å². The normalized spacial score (nSPS) is 27.9. The summed E-state index contributed by atoms with van der Waals surface area (Å²) in [5, 5.41) is 0. The Bertz CT molecular complexity index is 697. The van der Waals surface area contributed by atoms with Crippen molar-refractivity contribution >= 4 is 5.91 Å². The highest BCUT2D eigenvalue weighted by molar-refractivity contribution is 5.78. The largest absolute Gasteiger partial charge is 0.483 e. The quantitative estimate of drug-likeness (QED) is 0.759. The molecule has 1 saturated carbocycles. The fourth-order valence-corrected chi connectivity index (χ4v) is 4.62. The number of ether oxygens (including phenoxy) is 1. The molecule has 2 aliphatic carbocycles. The van der Waals surface area contributed by atoms with Crippen molar-refractivity contribution in [1.82, 2.24) is 9.80 Å². The van der Waals surface area contributed by atoms with E-state index in [1.807, 2.05) is 4.90 Å². The molecule has 3 aliphatic rings. The van der Waals surface area contributed by atoms with Gasteiger partial charge in [-0.15, -0.1) is 0 Å². The SMILES string of the molecule is Cc1cc(F)ccc1OCC(=O)N1CCN(CC2CC3C=CC2C3)CC1. The second kappa shape index (κ2) is 7.39. The number of nitrogens with zero attached hydrogens (tertiary/aromatic N) is 2. The number of halogens is 1. The van der Waals surface area contributed by atoms with Gasteiger partial charge in [-0.3, -0.25) is 9.69 Å². The van der Waals surface area contributed by atoms with Crippen LogP contribution in [0.3, 0.4) is 0 Å². The molecule has 1 saturated heterocycles. The molecule has 4 rings (SSSR count). The summed E-state index contributed by atoms with van der Waals surface area (Å²) in [6.07, 6.45) is 7.49. The molecule has 2 fully saturated rings. The van der Waals surface area contributed by atoms with Crippen LogP contribution in [0.25, 0.3) is 0 Å². The molecular weight excluding hydrogens is 331 g/mol. The Hall–Kier alpha value is -1.88. The summed E-state index contributed by atoms with van der Waals surface area (Å²) in [4.78, 5) is 16.8. The van der Waals surface area contributed by atoms with Gasteiger partial charge >= 0.3 is 0 Å². The average molecular weight is 358 g/mol. The molecule has 0 spiro atoms. The van der Waals surface area contributed by atoms with Gasteiger partial charge < -0.3 is 9.64 Å². The van der Waals surface area contributed by atoms with E-state index in [2.05, 4.69) is 17.1 Å². The van der Waals surface area contributed by atoms with Gasteiger partial charge in [0.25, 0.3) is 5.91 Å². The first-order chi connectivity index (χ1) is 12.6. The van der Waals surface area contributed by atoms with Crippen LogP contribution in [-0.4, -0.2) is 55.0 Å². The third-order valence-corrected chi connectivity index (χ3v) is 6.12. The van der Waals surface area contributed by atoms with Crippen molar-refractivity contribution in [2.45, 2.75) is 19.8 Å². The van der Waals surface area contributed by atoms with E-state index >= 15 is 0 Å². The molecule has 1 aromatic carbocycles. The summed E-state index contributed by atoms with van der Waals surface area (Å²) >= 11 is 0. The van der Waals surface area contributed by atoms with Gasteiger partial charge in [0.1, 0.15) is 11.6 Å². The highest BCUT2D eigenvalue weighted by Gasteiger charge is 2.36. The Morgan fingerprint density at radius 1 is 1.19 bits per heavy atom. The molecule has 1 aliphatic heterocycles. The van der Waals surface area contributed by atoms with Crippen LogP contribution in [0.1, 0.15) is 18.4 Å². The van der Waals surface area contributed by atoms with Crippen LogP contribution < -0.4 is 4.74 Å². The van der Waals surface area contributed by atoms with E-state index in [-0.39, 0.29) is 18.3 Å². The Morgan fingerprint density at radius 3 is 2.65 bits per heavy atom. The molecule has 1 amide bonds. The third kappa shape index (κ3) is 3.78. The van der Waals surface area contributed by atoms with Crippen LogP contribution in [0.15, 0.2) is 30.4 Å². The summed E-state index contributed by atoms with van der Waals surface area (Å²) in [6, 6.07) is 4.36. The van der Waals surface area contributed by atoms with E-state index in [4.69, 9.17) is 4.74 Å².